The summed E-state index contributed by atoms with van der Waals surface area (Å²) in [6.45, 7) is 4.12. The van der Waals surface area contributed by atoms with Crippen LogP contribution in [0.5, 0.6) is 11.5 Å². The van der Waals surface area contributed by atoms with E-state index < -0.39 is 0 Å². The van der Waals surface area contributed by atoms with Gasteiger partial charge in [0, 0.05) is 13.7 Å². The Labute approximate surface area is 95.5 Å². The van der Waals surface area contributed by atoms with Crippen LogP contribution < -0.4 is 14.8 Å². The van der Waals surface area contributed by atoms with E-state index in [0.29, 0.717) is 6.79 Å². The average Bonchev–Trinajstić information content (AvgIpc) is 2.77. The lowest BCUT2D eigenvalue weighted by Gasteiger charge is -2.16. The topological polar surface area (TPSA) is 39.7 Å². The highest BCUT2D eigenvalue weighted by Gasteiger charge is 2.17. The number of hydrogen-bond donors (Lipinski definition) is 1. The van der Waals surface area contributed by atoms with Gasteiger partial charge in [0.05, 0.1) is 6.10 Å². The molecule has 0 aromatic heterocycles. The maximum absolute atomic E-state index is 5.44. The summed E-state index contributed by atoms with van der Waals surface area (Å²) in [4.78, 5) is 0. The zero-order valence-electron chi connectivity index (χ0n) is 9.66. The van der Waals surface area contributed by atoms with Crippen LogP contribution in [-0.4, -0.2) is 27.0 Å². The molecule has 1 heterocycles. The molecule has 88 valence electrons. The number of hydrogen-bond acceptors (Lipinski definition) is 4. The van der Waals surface area contributed by atoms with Crippen LogP contribution in [0.2, 0.25) is 0 Å². The third-order valence-electron chi connectivity index (χ3n) is 2.63. The molecule has 1 aromatic carbocycles. The lowest BCUT2D eigenvalue weighted by molar-refractivity contribution is 0.103. The Morgan fingerprint density at radius 3 is 2.94 bits per heavy atom. The Morgan fingerprint density at radius 2 is 2.19 bits per heavy atom. The molecular weight excluding hydrogens is 206 g/mol. The minimum absolute atomic E-state index is 0.0504. The van der Waals surface area contributed by atoms with E-state index in [-0.39, 0.29) is 6.10 Å². The smallest absolute Gasteiger partial charge is 0.231 e. The molecule has 1 aromatic rings. The molecule has 1 atom stereocenters. The van der Waals surface area contributed by atoms with Crippen molar-refractivity contribution >= 4 is 0 Å². The molecule has 0 saturated carbocycles. The van der Waals surface area contributed by atoms with Crippen molar-refractivity contribution in [2.24, 2.45) is 0 Å². The van der Waals surface area contributed by atoms with Crippen LogP contribution in [0.15, 0.2) is 18.2 Å². The summed E-state index contributed by atoms with van der Waals surface area (Å²) in [5.41, 5.74) is 1.10. The molecule has 0 saturated heterocycles. The standard InChI is InChI=1S/C12H17NO3/c1-3-13-7-12(14-2)9-4-5-10-11(6-9)16-8-15-10/h4-6,12-13H,3,7-8H2,1-2H3. The largest absolute Gasteiger partial charge is 0.454 e. The van der Waals surface area contributed by atoms with Gasteiger partial charge >= 0.3 is 0 Å². The van der Waals surface area contributed by atoms with Crippen LogP contribution in [-0.2, 0) is 4.74 Å². The van der Waals surface area contributed by atoms with Gasteiger partial charge in [-0.1, -0.05) is 13.0 Å². The fraction of sp³-hybridized carbons (Fsp3) is 0.500. The molecule has 0 amide bonds. The predicted molar refractivity (Wildman–Crippen MR) is 60.9 cm³/mol. The van der Waals surface area contributed by atoms with Crippen molar-refractivity contribution in [1.29, 1.82) is 0 Å². The SMILES string of the molecule is CCNCC(OC)c1ccc2c(c1)OCO2. The molecule has 0 aliphatic carbocycles. The summed E-state index contributed by atoms with van der Waals surface area (Å²) in [6, 6.07) is 5.92. The van der Waals surface area contributed by atoms with Crippen molar-refractivity contribution in [3.8, 4) is 11.5 Å². The summed E-state index contributed by atoms with van der Waals surface area (Å²) in [6.07, 6.45) is 0.0504. The van der Waals surface area contributed by atoms with Crippen LogP contribution in [0.4, 0.5) is 0 Å². The van der Waals surface area contributed by atoms with Crippen LogP contribution in [0.1, 0.15) is 18.6 Å². The Morgan fingerprint density at radius 1 is 1.38 bits per heavy atom. The van der Waals surface area contributed by atoms with Gasteiger partial charge in [-0.2, -0.15) is 0 Å². The number of methoxy groups -OCH3 is 1. The normalized spacial score (nSPS) is 15.1. The second-order valence-corrected chi connectivity index (χ2v) is 3.64. The van der Waals surface area contributed by atoms with Crippen LogP contribution >= 0.6 is 0 Å². The first kappa shape index (κ1) is 11.2. The molecule has 0 bridgehead atoms. The highest BCUT2D eigenvalue weighted by Crippen LogP contribution is 2.34. The van der Waals surface area contributed by atoms with E-state index in [1.54, 1.807) is 7.11 Å². The minimum atomic E-state index is 0.0504. The molecule has 4 heteroatoms. The van der Waals surface area contributed by atoms with Crippen LogP contribution in [0.3, 0.4) is 0 Å². The van der Waals surface area contributed by atoms with Crippen molar-refractivity contribution < 1.29 is 14.2 Å². The lowest BCUT2D eigenvalue weighted by Crippen LogP contribution is -2.22. The van der Waals surface area contributed by atoms with Gasteiger partial charge < -0.3 is 19.5 Å². The zero-order valence-corrected chi connectivity index (χ0v) is 9.66. The number of nitrogens with one attached hydrogen (secondary N) is 1. The summed E-state index contributed by atoms with van der Waals surface area (Å²) in [5.74, 6) is 1.61. The molecule has 0 fully saturated rings. The van der Waals surface area contributed by atoms with Gasteiger partial charge in [0.2, 0.25) is 6.79 Å². The number of benzene rings is 1. The van der Waals surface area contributed by atoms with E-state index in [2.05, 4.69) is 12.2 Å². The van der Waals surface area contributed by atoms with Crippen molar-refractivity contribution in [3.05, 3.63) is 23.8 Å². The van der Waals surface area contributed by atoms with Gasteiger partial charge in [-0.25, -0.2) is 0 Å². The molecule has 1 unspecified atom stereocenters. The minimum Gasteiger partial charge on any atom is -0.454 e. The third-order valence-corrected chi connectivity index (χ3v) is 2.63. The fourth-order valence-corrected chi connectivity index (χ4v) is 1.73. The molecule has 16 heavy (non-hydrogen) atoms. The lowest BCUT2D eigenvalue weighted by atomic mass is 10.1. The molecule has 1 aliphatic heterocycles. The second-order valence-electron chi connectivity index (χ2n) is 3.64. The maximum atomic E-state index is 5.44. The molecular formula is C12H17NO3. The monoisotopic (exact) mass is 223 g/mol. The Balaban J connectivity index is 2.12. The van der Waals surface area contributed by atoms with E-state index in [1.165, 1.54) is 0 Å². The molecule has 4 nitrogen and oxygen atoms in total. The maximum Gasteiger partial charge on any atom is 0.231 e. The molecule has 1 aliphatic rings. The highest BCUT2D eigenvalue weighted by atomic mass is 16.7. The van der Waals surface area contributed by atoms with Crippen LogP contribution in [0, 0.1) is 0 Å². The number of ether oxygens (including phenoxy) is 3. The van der Waals surface area contributed by atoms with E-state index >= 15 is 0 Å². The number of fused-ring (bicyclic) bond motifs is 1. The van der Waals surface area contributed by atoms with Gasteiger partial charge in [-0.3, -0.25) is 0 Å². The summed E-state index contributed by atoms with van der Waals surface area (Å²) in [7, 11) is 1.71. The van der Waals surface area contributed by atoms with Gasteiger partial charge in [-0.15, -0.1) is 0 Å². The predicted octanol–water partition coefficient (Wildman–Crippen LogP) is 1.71. The first-order valence-electron chi connectivity index (χ1n) is 5.48. The molecule has 0 radical (unpaired) electrons. The van der Waals surface area contributed by atoms with Gasteiger partial charge in [0.1, 0.15) is 0 Å². The molecule has 2 rings (SSSR count). The molecule has 0 spiro atoms. The van der Waals surface area contributed by atoms with Gasteiger partial charge in [0.25, 0.3) is 0 Å². The van der Waals surface area contributed by atoms with Gasteiger partial charge in [0.15, 0.2) is 11.5 Å². The first-order chi connectivity index (χ1) is 7.85. The first-order valence-corrected chi connectivity index (χ1v) is 5.48. The average molecular weight is 223 g/mol. The number of likely N-dealkylation sites (N-methyl/N-ethyl adjacent to an activating group) is 1. The van der Waals surface area contributed by atoms with Gasteiger partial charge in [-0.05, 0) is 24.2 Å². The summed E-state index contributed by atoms with van der Waals surface area (Å²) < 4.78 is 16.0. The number of rotatable bonds is 5. The summed E-state index contributed by atoms with van der Waals surface area (Å²) >= 11 is 0. The Kier molecular flexibility index (Phi) is 3.64. The van der Waals surface area contributed by atoms with E-state index in [9.17, 15) is 0 Å². The van der Waals surface area contributed by atoms with Crippen molar-refractivity contribution in [2.45, 2.75) is 13.0 Å². The van der Waals surface area contributed by atoms with Crippen molar-refractivity contribution in [1.82, 2.24) is 5.32 Å². The van der Waals surface area contributed by atoms with Crippen molar-refractivity contribution in [3.63, 3.8) is 0 Å². The fourth-order valence-electron chi connectivity index (χ4n) is 1.73. The van der Waals surface area contributed by atoms with E-state index in [0.717, 1.165) is 30.2 Å². The highest BCUT2D eigenvalue weighted by molar-refractivity contribution is 5.45. The Hall–Kier alpha value is -1.26. The van der Waals surface area contributed by atoms with Crippen molar-refractivity contribution in [2.75, 3.05) is 27.0 Å². The molecule has 1 N–H and O–H groups in total. The van der Waals surface area contributed by atoms with Crippen LogP contribution in [0.25, 0.3) is 0 Å². The zero-order chi connectivity index (χ0) is 11.4. The second kappa shape index (κ2) is 5.18. The quantitative estimate of drug-likeness (QED) is 0.825. The van der Waals surface area contributed by atoms with E-state index in [1.807, 2.05) is 18.2 Å². The van der Waals surface area contributed by atoms with E-state index in [4.69, 9.17) is 14.2 Å². The Bertz CT molecular complexity index is 354. The third kappa shape index (κ3) is 2.28. The summed E-state index contributed by atoms with van der Waals surface area (Å²) in [5, 5.41) is 3.27.